The van der Waals surface area contributed by atoms with Gasteiger partial charge in [0.25, 0.3) is 0 Å². The van der Waals surface area contributed by atoms with Crippen LogP contribution in [-0.2, 0) is 19.5 Å². The van der Waals surface area contributed by atoms with Gasteiger partial charge in [-0.25, -0.2) is 22.3 Å². The highest BCUT2D eigenvalue weighted by Gasteiger charge is 2.23. The molecule has 0 spiro atoms. The fraction of sp³-hybridized carbons (Fsp3) is 0.462. The molecule has 0 amide bonds. The van der Waals surface area contributed by atoms with Gasteiger partial charge in [0.15, 0.2) is 0 Å². The number of esters is 1. The highest BCUT2D eigenvalue weighted by Crippen LogP contribution is 2.18. The van der Waals surface area contributed by atoms with Crippen LogP contribution in [0.3, 0.4) is 0 Å². The number of methoxy groups -OCH3 is 2. The van der Waals surface area contributed by atoms with E-state index in [0.29, 0.717) is 19.7 Å². The predicted molar refractivity (Wildman–Crippen MR) is 77.7 cm³/mol. The number of carbonyl (C=O) groups is 1. The zero-order valence-electron chi connectivity index (χ0n) is 12.4. The number of sulfonamides is 1. The molecule has 1 aromatic carbocycles. The summed E-state index contributed by atoms with van der Waals surface area (Å²) in [6.07, 6.45) is 0. The molecule has 0 saturated carbocycles. The first-order valence-electron chi connectivity index (χ1n) is 6.49. The van der Waals surface area contributed by atoms with Crippen LogP contribution in [0.5, 0.6) is 0 Å². The number of nitrogens with one attached hydrogen (secondary N) is 2. The molecule has 0 aromatic heterocycles. The van der Waals surface area contributed by atoms with Gasteiger partial charge < -0.3 is 14.8 Å². The first kappa shape index (κ1) is 18.5. The van der Waals surface area contributed by atoms with Crippen LogP contribution in [0.4, 0.5) is 4.39 Å². The van der Waals surface area contributed by atoms with E-state index in [-0.39, 0.29) is 12.1 Å². The molecule has 0 atom stereocenters. The number of hydrogen-bond acceptors (Lipinski definition) is 6. The number of hydrogen-bond donors (Lipinski definition) is 2. The molecule has 2 N–H and O–H groups in total. The average Bonchev–Trinajstić information content (AvgIpc) is 2.50. The van der Waals surface area contributed by atoms with Crippen LogP contribution in [0.15, 0.2) is 23.1 Å². The smallest absolute Gasteiger partial charge is 0.339 e. The van der Waals surface area contributed by atoms with Crippen molar-refractivity contribution in [3.63, 3.8) is 0 Å². The normalized spacial score (nSPS) is 11.4. The van der Waals surface area contributed by atoms with Crippen LogP contribution >= 0.6 is 0 Å². The van der Waals surface area contributed by atoms with Gasteiger partial charge in [-0.1, -0.05) is 0 Å². The van der Waals surface area contributed by atoms with E-state index in [9.17, 15) is 17.6 Å². The summed E-state index contributed by atoms with van der Waals surface area (Å²) in [6.45, 7) is 1.53. The molecule has 1 aromatic rings. The lowest BCUT2D eigenvalue weighted by molar-refractivity contribution is 0.0596. The first-order valence-corrected chi connectivity index (χ1v) is 7.98. The lowest BCUT2D eigenvalue weighted by Gasteiger charge is -2.11. The summed E-state index contributed by atoms with van der Waals surface area (Å²) in [5, 5.41) is 2.95. The van der Waals surface area contributed by atoms with Gasteiger partial charge in [-0.2, -0.15) is 0 Å². The lowest BCUT2D eigenvalue weighted by Crippen LogP contribution is -2.33. The standard InChI is InChI=1S/C13H19FN2O5S/c1-20-8-7-15-5-6-16-22(18,19)12-9-10(14)3-4-11(12)13(17)21-2/h3-4,9,15-16H,5-8H2,1-2H3. The van der Waals surface area contributed by atoms with E-state index < -0.39 is 26.7 Å². The molecular weight excluding hydrogens is 315 g/mol. The van der Waals surface area contributed by atoms with E-state index in [4.69, 9.17) is 4.74 Å². The molecular formula is C13H19FN2O5S. The monoisotopic (exact) mass is 334 g/mol. The maximum absolute atomic E-state index is 13.3. The molecule has 0 aliphatic rings. The molecule has 22 heavy (non-hydrogen) atoms. The Morgan fingerprint density at radius 2 is 1.95 bits per heavy atom. The van der Waals surface area contributed by atoms with Crippen molar-refractivity contribution in [3.8, 4) is 0 Å². The van der Waals surface area contributed by atoms with Crippen LogP contribution in [-0.4, -0.2) is 54.8 Å². The molecule has 0 aliphatic carbocycles. The van der Waals surface area contributed by atoms with E-state index in [1.165, 1.54) is 0 Å². The molecule has 7 nitrogen and oxygen atoms in total. The van der Waals surface area contributed by atoms with Crippen molar-refractivity contribution in [2.24, 2.45) is 0 Å². The highest BCUT2D eigenvalue weighted by atomic mass is 32.2. The van der Waals surface area contributed by atoms with Gasteiger partial charge in [0.2, 0.25) is 10.0 Å². The van der Waals surface area contributed by atoms with Crippen molar-refractivity contribution in [2.75, 3.05) is 40.5 Å². The number of ether oxygens (including phenoxy) is 2. The Hall–Kier alpha value is -1.55. The molecule has 0 saturated heterocycles. The predicted octanol–water partition coefficient (Wildman–Crippen LogP) is 0.127. The quantitative estimate of drug-likeness (QED) is 0.492. The molecule has 124 valence electrons. The van der Waals surface area contributed by atoms with Crippen molar-refractivity contribution in [1.29, 1.82) is 0 Å². The number of carbonyl (C=O) groups excluding carboxylic acids is 1. The SMILES string of the molecule is COCCNCCNS(=O)(=O)c1cc(F)ccc1C(=O)OC. The number of rotatable bonds is 9. The third-order valence-electron chi connectivity index (χ3n) is 2.72. The maximum atomic E-state index is 13.3. The summed E-state index contributed by atoms with van der Waals surface area (Å²) < 4.78 is 49.3. The van der Waals surface area contributed by atoms with Crippen molar-refractivity contribution >= 4 is 16.0 Å². The Morgan fingerprint density at radius 3 is 2.59 bits per heavy atom. The van der Waals surface area contributed by atoms with E-state index in [2.05, 4.69) is 14.8 Å². The van der Waals surface area contributed by atoms with Crippen molar-refractivity contribution in [2.45, 2.75) is 4.90 Å². The molecule has 0 fully saturated rings. The van der Waals surface area contributed by atoms with Gasteiger partial charge in [-0.3, -0.25) is 0 Å². The highest BCUT2D eigenvalue weighted by molar-refractivity contribution is 7.89. The van der Waals surface area contributed by atoms with Gasteiger partial charge >= 0.3 is 5.97 Å². The second-order valence-corrected chi connectivity index (χ2v) is 6.01. The Labute approximate surface area is 128 Å². The summed E-state index contributed by atoms with van der Waals surface area (Å²) in [6, 6.07) is 2.86. The summed E-state index contributed by atoms with van der Waals surface area (Å²) in [5.74, 6) is -1.61. The Kier molecular flexibility index (Phi) is 7.39. The topological polar surface area (TPSA) is 93.7 Å². The minimum Gasteiger partial charge on any atom is -0.465 e. The van der Waals surface area contributed by atoms with E-state index >= 15 is 0 Å². The molecule has 0 radical (unpaired) electrons. The van der Waals surface area contributed by atoms with Gasteiger partial charge in [0, 0.05) is 26.7 Å². The fourth-order valence-electron chi connectivity index (χ4n) is 1.65. The van der Waals surface area contributed by atoms with Crippen LogP contribution in [0.1, 0.15) is 10.4 Å². The Morgan fingerprint density at radius 1 is 1.23 bits per heavy atom. The number of halogens is 1. The van der Waals surface area contributed by atoms with Gasteiger partial charge in [-0.15, -0.1) is 0 Å². The molecule has 0 unspecified atom stereocenters. The molecule has 0 bridgehead atoms. The van der Waals surface area contributed by atoms with Crippen molar-refractivity contribution < 1.29 is 27.1 Å². The second kappa shape index (κ2) is 8.79. The average molecular weight is 334 g/mol. The van der Waals surface area contributed by atoms with E-state index in [1.807, 2.05) is 0 Å². The minimum absolute atomic E-state index is 0.0865. The zero-order chi connectivity index (χ0) is 16.6. The van der Waals surface area contributed by atoms with E-state index in [1.54, 1.807) is 7.11 Å². The summed E-state index contributed by atoms with van der Waals surface area (Å²) in [5.41, 5.74) is -0.219. The Balaban J connectivity index is 2.79. The van der Waals surface area contributed by atoms with Crippen molar-refractivity contribution in [3.05, 3.63) is 29.6 Å². The van der Waals surface area contributed by atoms with Crippen molar-refractivity contribution in [1.82, 2.24) is 10.0 Å². The van der Waals surface area contributed by atoms with Crippen LogP contribution < -0.4 is 10.0 Å². The lowest BCUT2D eigenvalue weighted by atomic mass is 10.2. The summed E-state index contributed by atoms with van der Waals surface area (Å²) in [4.78, 5) is 11.1. The molecule has 0 aliphatic heterocycles. The third kappa shape index (κ3) is 5.34. The third-order valence-corrected chi connectivity index (χ3v) is 4.22. The second-order valence-electron chi connectivity index (χ2n) is 4.27. The zero-order valence-corrected chi connectivity index (χ0v) is 13.2. The molecule has 0 heterocycles. The Bertz CT molecular complexity index is 606. The largest absolute Gasteiger partial charge is 0.465 e. The fourth-order valence-corrected chi connectivity index (χ4v) is 2.88. The minimum atomic E-state index is -4.02. The molecule has 9 heteroatoms. The van der Waals surface area contributed by atoms with Crippen LogP contribution in [0.25, 0.3) is 0 Å². The van der Waals surface area contributed by atoms with Gasteiger partial charge in [-0.05, 0) is 18.2 Å². The van der Waals surface area contributed by atoms with Gasteiger partial charge in [0.1, 0.15) is 5.82 Å². The van der Waals surface area contributed by atoms with Crippen LogP contribution in [0, 0.1) is 5.82 Å². The summed E-state index contributed by atoms with van der Waals surface area (Å²) >= 11 is 0. The number of benzene rings is 1. The molecule has 1 rings (SSSR count). The van der Waals surface area contributed by atoms with Gasteiger partial charge in [0.05, 0.1) is 24.2 Å². The first-order chi connectivity index (χ1) is 10.4. The van der Waals surface area contributed by atoms with E-state index in [0.717, 1.165) is 25.3 Å². The summed E-state index contributed by atoms with van der Waals surface area (Å²) in [7, 11) is -1.34. The maximum Gasteiger partial charge on any atom is 0.339 e. The van der Waals surface area contributed by atoms with Crippen LogP contribution in [0.2, 0.25) is 0 Å².